The maximum absolute atomic E-state index is 8.57. The van der Waals surface area contributed by atoms with Gasteiger partial charge in [-0.15, -0.1) is 11.8 Å². The topological polar surface area (TPSA) is 41.5 Å². The third-order valence-corrected chi connectivity index (χ3v) is 3.48. The van der Waals surface area contributed by atoms with Crippen LogP contribution in [0, 0.1) is 0 Å². The molecule has 0 aliphatic heterocycles. The second-order valence-corrected chi connectivity index (χ2v) is 4.94. The Balaban J connectivity index is 2.38. The van der Waals surface area contributed by atoms with Crippen LogP contribution in [0.5, 0.6) is 0 Å². The zero-order valence-electron chi connectivity index (χ0n) is 10.5. The van der Waals surface area contributed by atoms with Crippen LogP contribution in [0.1, 0.15) is 18.5 Å². The van der Waals surface area contributed by atoms with Crippen LogP contribution in [0.4, 0.5) is 0 Å². The van der Waals surface area contributed by atoms with Crippen molar-refractivity contribution in [2.45, 2.75) is 17.9 Å². The number of benzene rings is 1. The van der Waals surface area contributed by atoms with Crippen molar-refractivity contribution in [3.8, 4) is 0 Å². The number of nitrogens with one attached hydrogen (secondary N) is 1. The Morgan fingerprint density at radius 3 is 2.94 bits per heavy atom. The van der Waals surface area contributed by atoms with E-state index in [1.54, 1.807) is 11.8 Å². The Labute approximate surface area is 108 Å². The maximum Gasteiger partial charge on any atom is 0.0698 e. The first-order valence-corrected chi connectivity index (χ1v) is 6.85. The van der Waals surface area contributed by atoms with E-state index in [0.29, 0.717) is 19.3 Å². The Hall–Kier alpha value is -0.550. The number of thioether (sulfide) groups is 1. The molecule has 96 valence electrons. The monoisotopic (exact) mass is 255 g/mol. The fraction of sp³-hybridized carbons (Fsp3) is 0.538. The van der Waals surface area contributed by atoms with Crippen molar-refractivity contribution in [3.63, 3.8) is 0 Å². The van der Waals surface area contributed by atoms with Gasteiger partial charge >= 0.3 is 0 Å². The average Bonchev–Trinajstić information content (AvgIpc) is 2.38. The van der Waals surface area contributed by atoms with Gasteiger partial charge in [0.2, 0.25) is 0 Å². The summed E-state index contributed by atoms with van der Waals surface area (Å²) < 4.78 is 5.22. The summed E-state index contributed by atoms with van der Waals surface area (Å²) >= 11 is 1.78. The van der Waals surface area contributed by atoms with Gasteiger partial charge in [-0.2, -0.15) is 0 Å². The van der Waals surface area contributed by atoms with Crippen LogP contribution in [0.25, 0.3) is 0 Å². The first kappa shape index (κ1) is 14.5. The number of aliphatic hydroxyl groups excluding tert-OH is 1. The molecule has 2 N–H and O–H groups in total. The number of ether oxygens (including phenoxy) is 1. The summed E-state index contributed by atoms with van der Waals surface area (Å²) in [5.74, 6) is 0.914. The molecular weight excluding hydrogens is 234 g/mol. The molecule has 4 heteroatoms. The highest BCUT2D eigenvalue weighted by Gasteiger charge is 2.03. The van der Waals surface area contributed by atoms with E-state index >= 15 is 0 Å². The lowest BCUT2D eigenvalue weighted by Gasteiger charge is -2.11. The number of aliphatic hydroxyl groups is 1. The van der Waals surface area contributed by atoms with Crippen molar-refractivity contribution in [2.24, 2.45) is 0 Å². The van der Waals surface area contributed by atoms with Crippen LogP contribution >= 0.6 is 11.8 Å². The first-order chi connectivity index (χ1) is 8.27. The van der Waals surface area contributed by atoms with Gasteiger partial charge < -0.3 is 15.2 Å². The minimum Gasteiger partial charge on any atom is -0.394 e. The fourth-order valence-electron chi connectivity index (χ4n) is 1.43. The summed E-state index contributed by atoms with van der Waals surface area (Å²) in [6.07, 6.45) is 0. The molecule has 3 nitrogen and oxygen atoms in total. The third-order valence-electron chi connectivity index (χ3n) is 2.52. The van der Waals surface area contributed by atoms with E-state index in [-0.39, 0.29) is 6.61 Å². The lowest BCUT2D eigenvalue weighted by atomic mass is 10.1. The zero-order valence-corrected chi connectivity index (χ0v) is 11.3. The van der Waals surface area contributed by atoms with Crippen LogP contribution < -0.4 is 5.32 Å². The second-order valence-electron chi connectivity index (χ2n) is 3.77. The summed E-state index contributed by atoms with van der Waals surface area (Å²) in [5, 5.41) is 11.8. The zero-order chi connectivity index (χ0) is 12.5. The molecule has 0 aliphatic rings. The molecule has 0 saturated carbocycles. The van der Waals surface area contributed by atoms with Gasteiger partial charge in [-0.05, 0) is 31.7 Å². The molecule has 0 aliphatic carbocycles. The van der Waals surface area contributed by atoms with Crippen LogP contribution in [-0.2, 0) is 4.74 Å². The highest BCUT2D eigenvalue weighted by Crippen LogP contribution is 2.22. The van der Waals surface area contributed by atoms with Gasteiger partial charge in [0.15, 0.2) is 0 Å². The lowest BCUT2D eigenvalue weighted by molar-refractivity contribution is 0.103. The molecule has 0 amide bonds. The number of hydrogen-bond donors (Lipinski definition) is 2. The molecular formula is C13H21NO2S. The van der Waals surface area contributed by atoms with Crippen LogP contribution in [0.15, 0.2) is 29.2 Å². The largest absolute Gasteiger partial charge is 0.394 e. The standard InChI is InChI=1S/C13H21NO2S/c1-11(14-2)12-4-3-5-13(10-12)17-9-8-16-7-6-15/h3-5,10-11,14-15H,6-9H2,1-2H3. The molecule has 1 unspecified atom stereocenters. The van der Waals surface area contributed by atoms with E-state index in [1.165, 1.54) is 10.5 Å². The summed E-state index contributed by atoms with van der Waals surface area (Å²) in [6, 6.07) is 8.91. The number of hydrogen-bond acceptors (Lipinski definition) is 4. The minimum atomic E-state index is 0.0971. The first-order valence-electron chi connectivity index (χ1n) is 5.86. The Kier molecular flexibility index (Phi) is 7.28. The van der Waals surface area contributed by atoms with E-state index in [0.717, 1.165) is 5.75 Å². The van der Waals surface area contributed by atoms with Crippen LogP contribution in [0.2, 0.25) is 0 Å². The Morgan fingerprint density at radius 1 is 1.41 bits per heavy atom. The molecule has 0 radical (unpaired) electrons. The molecule has 1 rings (SSSR count). The van der Waals surface area contributed by atoms with Gasteiger partial charge in [0.25, 0.3) is 0 Å². The average molecular weight is 255 g/mol. The lowest BCUT2D eigenvalue weighted by Crippen LogP contribution is -2.12. The van der Waals surface area contributed by atoms with Gasteiger partial charge in [0.1, 0.15) is 0 Å². The smallest absolute Gasteiger partial charge is 0.0698 e. The second kappa shape index (κ2) is 8.53. The van der Waals surface area contributed by atoms with E-state index in [9.17, 15) is 0 Å². The van der Waals surface area contributed by atoms with E-state index in [1.807, 2.05) is 7.05 Å². The van der Waals surface area contributed by atoms with Crippen molar-refractivity contribution in [2.75, 3.05) is 32.6 Å². The molecule has 1 aromatic rings. The summed E-state index contributed by atoms with van der Waals surface area (Å²) in [7, 11) is 1.97. The van der Waals surface area contributed by atoms with E-state index in [4.69, 9.17) is 9.84 Å². The summed E-state index contributed by atoms with van der Waals surface area (Å²) in [5.41, 5.74) is 1.30. The molecule has 0 saturated heterocycles. The Morgan fingerprint density at radius 2 is 2.24 bits per heavy atom. The molecule has 0 fully saturated rings. The van der Waals surface area contributed by atoms with Crippen molar-refractivity contribution in [1.29, 1.82) is 0 Å². The normalized spacial score (nSPS) is 12.6. The van der Waals surface area contributed by atoms with Crippen LogP contribution in [0.3, 0.4) is 0 Å². The predicted octanol–water partition coefficient (Wildman–Crippen LogP) is 2.07. The van der Waals surface area contributed by atoms with Crippen molar-refractivity contribution >= 4 is 11.8 Å². The van der Waals surface area contributed by atoms with E-state index in [2.05, 4.69) is 36.5 Å². The molecule has 1 atom stereocenters. The molecule has 0 heterocycles. The van der Waals surface area contributed by atoms with Crippen molar-refractivity contribution in [3.05, 3.63) is 29.8 Å². The van der Waals surface area contributed by atoms with Crippen molar-refractivity contribution < 1.29 is 9.84 Å². The Bertz CT molecular complexity index is 320. The predicted molar refractivity (Wildman–Crippen MR) is 72.5 cm³/mol. The van der Waals surface area contributed by atoms with Crippen LogP contribution in [-0.4, -0.2) is 37.7 Å². The third kappa shape index (κ3) is 5.55. The minimum absolute atomic E-state index is 0.0971. The maximum atomic E-state index is 8.57. The highest BCUT2D eigenvalue weighted by atomic mass is 32.2. The van der Waals surface area contributed by atoms with Gasteiger partial charge in [0.05, 0.1) is 19.8 Å². The van der Waals surface area contributed by atoms with Gasteiger partial charge in [-0.1, -0.05) is 12.1 Å². The number of rotatable bonds is 8. The molecule has 0 aromatic heterocycles. The summed E-state index contributed by atoms with van der Waals surface area (Å²) in [6.45, 7) is 3.35. The van der Waals surface area contributed by atoms with Gasteiger partial charge in [-0.3, -0.25) is 0 Å². The van der Waals surface area contributed by atoms with Crippen molar-refractivity contribution in [1.82, 2.24) is 5.32 Å². The van der Waals surface area contributed by atoms with Gasteiger partial charge in [0, 0.05) is 16.7 Å². The molecule has 1 aromatic carbocycles. The highest BCUT2D eigenvalue weighted by molar-refractivity contribution is 7.99. The van der Waals surface area contributed by atoms with Gasteiger partial charge in [-0.25, -0.2) is 0 Å². The van der Waals surface area contributed by atoms with E-state index < -0.39 is 0 Å². The molecule has 17 heavy (non-hydrogen) atoms. The fourth-order valence-corrected chi connectivity index (χ4v) is 2.26. The quantitative estimate of drug-likeness (QED) is 0.551. The molecule has 0 bridgehead atoms. The summed E-state index contributed by atoms with van der Waals surface area (Å²) in [4.78, 5) is 1.26. The SMILES string of the molecule is CNC(C)c1cccc(SCCOCCO)c1. The molecule has 0 spiro atoms.